The van der Waals surface area contributed by atoms with Gasteiger partial charge in [0.1, 0.15) is 11.5 Å². The van der Waals surface area contributed by atoms with E-state index in [1.807, 2.05) is 25.1 Å². The van der Waals surface area contributed by atoms with Gasteiger partial charge in [-0.3, -0.25) is 4.79 Å². The fraction of sp³-hybridized carbons (Fsp3) is 0.348. The molecule has 33 heavy (non-hydrogen) atoms. The van der Waals surface area contributed by atoms with Crippen LogP contribution in [-0.4, -0.2) is 52.8 Å². The summed E-state index contributed by atoms with van der Waals surface area (Å²) in [5.41, 5.74) is 1.47. The largest absolute Gasteiger partial charge is 0.490 e. The topological polar surface area (TPSA) is 98.3 Å². The molecule has 3 N–H and O–H groups in total. The summed E-state index contributed by atoms with van der Waals surface area (Å²) < 4.78 is 31.7. The van der Waals surface area contributed by atoms with E-state index in [1.54, 1.807) is 11.1 Å². The quantitative estimate of drug-likeness (QED) is 0.536. The second-order valence-electron chi connectivity index (χ2n) is 7.59. The van der Waals surface area contributed by atoms with Crippen molar-refractivity contribution in [3.05, 3.63) is 60.2 Å². The number of amides is 1. The number of halogens is 3. The fourth-order valence-electron chi connectivity index (χ4n) is 3.68. The zero-order valence-corrected chi connectivity index (χ0v) is 18.0. The molecule has 0 saturated carbocycles. The second-order valence-corrected chi connectivity index (χ2v) is 7.59. The number of aromatic amines is 1. The molecule has 3 aromatic rings. The van der Waals surface area contributed by atoms with Gasteiger partial charge in [-0.15, -0.1) is 0 Å². The molecule has 0 aliphatic carbocycles. The van der Waals surface area contributed by atoms with E-state index in [0.717, 1.165) is 42.8 Å². The van der Waals surface area contributed by atoms with Gasteiger partial charge < -0.3 is 20.3 Å². The summed E-state index contributed by atoms with van der Waals surface area (Å²) in [7, 11) is 0. The number of rotatable bonds is 4. The van der Waals surface area contributed by atoms with Crippen molar-refractivity contribution in [2.75, 3.05) is 24.5 Å². The van der Waals surface area contributed by atoms with E-state index in [0.29, 0.717) is 18.2 Å². The number of carbonyl (C=O) groups is 2. The summed E-state index contributed by atoms with van der Waals surface area (Å²) in [5, 5.41) is 12.8. The van der Waals surface area contributed by atoms with Crippen molar-refractivity contribution in [1.82, 2.24) is 15.3 Å². The Balaban J connectivity index is 0.000000383. The molecule has 1 saturated heterocycles. The molecule has 0 radical (unpaired) electrons. The Morgan fingerprint density at radius 3 is 2.36 bits per heavy atom. The number of fused-ring (bicyclic) bond motifs is 1. The van der Waals surface area contributed by atoms with Crippen LogP contribution in [0, 0.1) is 0 Å². The third kappa shape index (κ3) is 6.10. The highest BCUT2D eigenvalue weighted by Crippen LogP contribution is 2.25. The number of imidazole rings is 1. The highest BCUT2D eigenvalue weighted by Gasteiger charge is 2.38. The summed E-state index contributed by atoms with van der Waals surface area (Å²) in [6.07, 6.45) is -1.28. The number of benzene rings is 2. The number of anilines is 1. The van der Waals surface area contributed by atoms with E-state index in [-0.39, 0.29) is 5.91 Å². The lowest BCUT2D eigenvalue weighted by Gasteiger charge is -2.22. The van der Waals surface area contributed by atoms with Gasteiger partial charge in [0.2, 0.25) is 0 Å². The maximum atomic E-state index is 13.1. The highest BCUT2D eigenvalue weighted by molar-refractivity contribution is 6.05. The Kier molecular flexibility index (Phi) is 7.70. The standard InChI is InChI=1S/C21H24N4O.C2HF3O2/c1-2-25(18-8-7-15-5-3-4-6-17(15)13-18)21(26)19-14-23-20(24-19)16-9-11-22-12-10-16;3-2(4,5)1(6)7/h3-8,13-14,16,22H,2,9-12H2,1H3,(H,23,24);(H,6,7). The van der Waals surface area contributed by atoms with Gasteiger partial charge in [0.05, 0.1) is 6.20 Å². The third-order valence-electron chi connectivity index (χ3n) is 5.40. The SMILES string of the molecule is CCN(C(=O)c1cnc(C2CCNCC2)[nH]1)c1ccc2ccccc2c1.O=C(O)C(F)(F)F. The van der Waals surface area contributed by atoms with Crippen LogP contribution in [0.1, 0.15) is 42.0 Å². The Hall–Kier alpha value is -3.40. The summed E-state index contributed by atoms with van der Waals surface area (Å²) in [5.74, 6) is -1.44. The number of carboxylic acid groups (broad SMARTS) is 1. The van der Waals surface area contributed by atoms with Crippen molar-refractivity contribution in [2.24, 2.45) is 0 Å². The zero-order chi connectivity index (χ0) is 24.0. The number of hydrogen-bond donors (Lipinski definition) is 3. The third-order valence-corrected chi connectivity index (χ3v) is 5.40. The van der Waals surface area contributed by atoms with Gasteiger partial charge in [0, 0.05) is 18.2 Å². The Morgan fingerprint density at radius 2 is 1.76 bits per heavy atom. The monoisotopic (exact) mass is 462 g/mol. The van der Waals surface area contributed by atoms with Crippen LogP contribution in [0.5, 0.6) is 0 Å². The van der Waals surface area contributed by atoms with E-state index < -0.39 is 12.1 Å². The van der Waals surface area contributed by atoms with Crippen molar-refractivity contribution in [2.45, 2.75) is 31.9 Å². The van der Waals surface area contributed by atoms with Crippen LogP contribution in [0.25, 0.3) is 10.8 Å². The highest BCUT2D eigenvalue weighted by atomic mass is 19.4. The van der Waals surface area contributed by atoms with Crippen LogP contribution < -0.4 is 10.2 Å². The van der Waals surface area contributed by atoms with Crippen LogP contribution in [0.2, 0.25) is 0 Å². The maximum absolute atomic E-state index is 13.1. The number of aliphatic carboxylic acids is 1. The van der Waals surface area contributed by atoms with Crippen molar-refractivity contribution in [1.29, 1.82) is 0 Å². The number of alkyl halides is 3. The van der Waals surface area contributed by atoms with E-state index in [4.69, 9.17) is 9.90 Å². The first kappa shape index (κ1) is 24.2. The molecule has 10 heteroatoms. The number of nitrogens with one attached hydrogen (secondary N) is 2. The lowest BCUT2D eigenvalue weighted by molar-refractivity contribution is -0.192. The molecule has 0 bridgehead atoms. The minimum absolute atomic E-state index is 0.0320. The van der Waals surface area contributed by atoms with Gasteiger partial charge in [-0.2, -0.15) is 13.2 Å². The number of H-pyrrole nitrogens is 1. The van der Waals surface area contributed by atoms with Crippen molar-refractivity contribution in [3.8, 4) is 0 Å². The first-order valence-electron chi connectivity index (χ1n) is 10.6. The number of nitrogens with zero attached hydrogens (tertiary/aromatic N) is 2. The van der Waals surface area contributed by atoms with E-state index in [9.17, 15) is 18.0 Å². The molecule has 0 spiro atoms. The first-order chi connectivity index (χ1) is 15.7. The minimum Gasteiger partial charge on any atom is -0.475 e. The zero-order valence-electron chi connectivity index (χ0n) is 18.0. The molecule has 4 rings (SSSR count). The molecule has 0 atom stereocenters. The van der Waals surface area contributed by atoms with Gasteiger partial charge in [0.15, 0.2) is 0 Å². The maximum Gasteiger partial charge on any atom is 0.490 e. The summed E-state index contributed by atoms with van der Waals surface area (Å²) >= 11 is 0. The average Bonchev–Trinajstić information content (AvgIpc) is 3.30. The van der Waals surface area contributed by atoms with E-state index >= 15 is 0 Å². The lowest BCUT2D eigenvalue weighted by atomic mass is 9.98. The van der Waals surface area contributed by atoms with Gasteiger partial charge in [0.25, 0.3) is 5.91 Å². The van der Waals surface area contributed by atoms with E-state index in [2.05, 4.69) is 39.6 Å². The molecule has 1 aliphatic heterocycles. The molecule has 2 heterocycles. The predicted molar refractivity (Wildman–Crippen MR) is 118 cm³/mol. The number of carboxylic acids is 1. The number of hydrogen-bond acceptors (Lipinski definition) is 4. The van der Waals surface area contributed by atoms with E-state index in [1.165, 1.54) is 5.39 Å². The van der Waals surface area contributed by atoms with Crippen LogP contribution in [0.15, 0.2) is 48.7 Å². The molecule has 1 amide bonds. The van der Waals surface area contributed by atoms with Crippen molar-refractivity contribution < 1.29 is 27.9 Å². The van der Waals surface area contributed by atoms with Crippen LogP contribution in [0.4, 0.5) is 18.9 Å². The van der Waals surface area contributed by atoms with Crippen LogP contribution in [-0.2, 0) is 4.79 Å². The molecule has 1 aromatic heterocycles. The van der Waals surface area contributed by atoms with Crippen LogP contribution in [0.3, 0.4) is 0 Å². The molecule has 0 unspecified atom stereocenters. The molecule has 2 aromatic carbocycles. The smallest absolute Gasteiger partial charge is 0.475 e. The summed E-state index contributed by atoms with van der Waals surface area (Å²) in [6, 6.07) is 14.3. The number of piperidine rings is 1. The molecule has 7 nitrogen and oxygen atoms in total. The molecular weight excluding hydrogens is 437 g/mol. The van der Waals surface area contributed by atoms with Gasteiger partial charge >= 0.3 is 12.1 Å². The van der Waals surface area contributed by atoms with Gasteiger partial charge in [-0.05, 0) is 55.8 Å². The molecular formula is C23H25F3N4O3. The van der Waals surface area contributed by atoms with Gasteiger partial charge in [-0.1, -0.05) is 30.3 Å². The summed E-state index contributed by atoms with van der Waals surface area (Å²) in [4.78, 5) is 31.5. The second kappa shape index (κ2) is 10.5. The van der Waals surface area contributed by atoms with Gasteiger partial charge in [-0.25, -0.2) is 9.78 Å². The minimum atomic E-state index is -5.08. The normalized spacial score (nSPS) is 14.4. The Morgan fingerprint density at radius 1 is 1.12 bits per heavy atom. The average molecular weight is 462 g/mol. The van der Waals surface area contributed by atoms with Crippen molar-refractivity contribution in [3.63, 3.8) is 0 Å². The number of aromatic nitrogens is 2. The molecule has 176 valence electrons. The lowest BCUT2D eigenvalue weighted by Crippen LogP contribution is -2.31. The predicted octanol–water partition coefficient (Wildman–Crippen LogP) is 4.33. The first-order valence-corrected chi connectivity index (χ1v) is 10.6. The Labute approximate surface area is 188 Å². The van der Waals surface area contributed by atoms with Crippen LogP contribution >= 0.6 is 0 Å². The summed E-state index contributed by atoms with van der Waals surface area (Å²) in [6.45, 7) is 4.62. The molecule has 1 aliphatic rings. The fourth-order valence-corrected chi connectivity index (χ4v) is 3.68. The number of carbonyl (C=O) groups excluding carboxylic acids is 1. The molecule has 1 fully saturated rings. The Bertz CT molecular complexity index is 1110. The van der Waals surface area contributed by atoms with Crippen molar-refractivity contribution >= 4 is 28.3 Å².